The largest absolute Gasteiger partial charge is 0.490 e. The summed E-state index contributed by atoms with van der Waals surface area (Å²) in [7, 11) is 0. The Morgan fingerprint density at radius 1 is 1.00 bits per heavy atom. The molecule has 3 rings (SSSR count). The van der Waals surface area contributed by atoms with Crippen LogP contribution in [0, 0.1) is 11.3 Å². The first-order chi connectivity index (χ1) is 17.5. The van der Waals surface area contributed by atoms with Gasteiger partial charge in [-0.15, -0.1) is 0 Å². The molecule has 0 radical (unpaired) electrons. The van der Waals surface area contributed by atoms with Gasteiger partial charge in [-0.25, -0.2) is 0 Å². The quantitative estimate of drug-likeness (QED) is 0.256. The normalized spacial score (nSPS) is 10.8. The van der Waals surface area contributed by atoms with Gasteiger partial charge in [0.15, 0.2) is 18.1 Å². The number of rotatable bonds is 11. The highest BCUT2D eigenvalue weighted by Crippen LogP contribution is 2.35. The summed E-state index contributed by atoms with van der Waals surface area (Å²) in [4.78, 5) is 24.8. The molecule has 0 fully saturated rings. The maximum atomic E-state index is 12.6. The first-order valence-corrected chi connectivity index (χ1v) is 12.2. The summed E-state index contributed by atoms with van der Waals surface area (Å²) in [5, 5.41) is 15.1. The van der Waals surface area contributed by atoms with Crippen LogP contribution in [0.5, 0.6) is 11.5 Å². The molecule has 0 saturated heterocycles. The van der Waals surface area contributed by atoms with Gasteiger partial charge in [0.05, 0.1) is 6.61 Å². The van der Waals surface area contributed by atoms with Gasteiger partial charge >= 0.3 is 0 Å². The second-order valence-corrected chi connectivity index (χ2v) is 8.47. The Kier molecular flexibility index (Phi) is 10.1. The molecule has 0 bridgehead atoms. The SMILES string of the molecule is CCOc1cc(/C=C(/C#N)C(=O)NCCc2ccccc2)c(Br)cc1OCC(=O)Nc1ccccc1. The Bertz CT molecular complexity index is 1260. The Balaban J connectivity index is 1.68. The first kappa shape index (κ1) is 26.5. The molecule has 3 aromatic carbocycles. The molecule has 36 heavy (non-hydrogen) atoms. The minimum atomic E-state index is -0.462. The monoisotopic (exact) mass is 547 g/mol. The Labute approximate surface area is 218 Å². The summed E-state index contributed by atoms with van der Waals surface area (Å²) in [5.74, 6) is -0.0324. The number of carbonyl (C=O) groups excluding carboxylic acids is 2. The predicted octanol–water partition coefficient (Wildman–Crippen LogP) is 5.13. The van der Waals surface area contributed by atoms with Crippen molar-refractivity contribution < 1.29 is 19.1 Å². The minimum Gasteiger partial charge on any atom is -0.490 e. The average molecular weight is 548 g/mol. The molecule has 0 heterocycles. The predicted molar refractivity (Wildman–Crippen MR) is 143 cm³/mol. The standard InChI is InChI=1S/C28H26BrN3O4/c1-2-35-25-16-21(15-22(18-30)28(34)31-14-13-20-9-5-3-6-10-20)24(29)17-26(25)36-19-27(33)32-23-11-7-4-8-12-23/h3-12,15-17H,2,13-14,19H2,1H3,(H,31,34)(H,32,33)/b22-15-. The molecular weight excluding hydrogens is 522 g/mol. The van der Waals surface area contributed by atoms with Crippen molar-refractivity contribution in [2.45, 2.75) is 13.3 Å². The third-order valence-electron chi connectivity index (χ3n) is 4.99. The Morgan fingerprint density at radius 2 is 1.67 bits per heavy atom. The number of carbonyl (C=O) groups is 2. The molecule has 0 aliphatic rings. The van der Waals surface area contributed by atoms with Crippen molar-refractivity contribution >= 4 is 39.5 Å². The van der Waals surface area contributed by atoms with Crippen LogP contribution >= 0.6 is 15.9 Å². The van der Waals surface area contributed by atoms with E-state index in [1.54, 1.807) is 24.3 Å². The molecule has 0 saturated carbocycles. The summed E-state index contributed by atoms with van der Waals surface area (Å²) < 4.78 is 12.0. The van der Waals surface area contributed by atoms with E-state index in [-0.39, 0.29) is 18.1 Å². The highest BCUT2D eigenvalue weighted by molar-refractivity contribution is 9.10. The topological polar surface area (TPSA) is 100 Å². The fourth-order valence-corrected chi connectivity index (χ4v) is 3.71. The van der Waals surface area contributed by atoms with Gasteiger partial charge in [-0.1, -0.05) is 64.5 Å². The molecule has 184 valence electrons. The smallest absolute Gasteiger partial charge is 0.262 e. The number of nitrogens with zero attached hydrogens (tertiary/aromatic N) is 1. The minimum absolute atomic E-state index is 0.0397. The molecule has 7 nitrogen and oxygen atoms in total. The number of hydrogen-bond acceptors (Lipinski definition) is 5. The van der Waals surface area contributed by atoms with E-state index in [1.807, 2.05) is 61.5 Å². The van der Waals surface area contributed by atoms with Crippen LogP contribution < -0.4 is 20.1 Å². The van der Waals surface area contributed by atoms with Gasteiger partial charge in [0.25, 0.3) is 11.8 Å². The van der Waals surface area contributed by atoms with Crippen molar-refractivity contribution in [1.82, 2.24) is 5.32 Å². The Morgan fingerprint density at radius 3 is 2.33 bits per heavy atom. The van der Waals surface area contributed by atoms with Crippen molar-refractivity contribution in [2.75, 3.05) is 25.1 Å². The van der Waals surface area contributed by atoms with E-state index in [0.29, 0.717) is 46.8 Å². The van der Waals surface area contributed by atoms with E-state index in [2.05, 4.69) is 26.6 Å². The number of anilines is 1. The molecule has 0 aromatic heterocycles. The zero-order chi connectivity index (χ0) is 25.8. The van der Waals surface area contributed by atoms with Gasteiger partial charge in [-0.05, 0) is 54.8 Å². The fourth-order valence-electron chi connectivity index (χ4n) is 3.27. The third-order valence-corrected chi connectivity index (χ3v) is 5.67. The number of nitrogens with one attached hydrogen (secondary N) is 2. The third kappa shape index (κ3) is 8.00. The highest BCUT2D eigenvalue weighted by atomic mass is 79.9. The lowest BCUT2D eigenvalue weighted by Gasteiger charge is -2.14. The van der Waals surface area contributed by atoms with Gasteiger partial charge < -0.3 is 20.1 Å². The molecule has 0 aliphatic carbocycles. The summed E-state index contributed by atoms with van der Waals surface area (Å²) >= 11 is 3.46. The van der Waals surface area contributed by atoms with E-state index in [1.165, 1.54) is 6.08 Å². The van der Waals surface area contributed by atoms with Crippen molar-refractivity contribution in [3.8, 4) is 17.6 Å². The molecular formula is C28H26BrN3O4. The van der Waals surface area contributed by atoms with Crippen LogP contribution in [-0.4, -0.2) is 31.6 Å². The molecule has 2 N–H and O–H groups in total. The van der Waals surface area contributed by atoms with E-state index < -0.39 is 5.91 Å². The first-order valence-electron chi connectivity index (χ1n) is 11.4. The maximum Gasteiger partial charge on any atom is 0.262 e. The number of nitriles is 1. The number of hydrogen-bond donors (Lipinski definition) is 2. The van der Waals surface area contributed by atoms with Crippen molar-refractivity contribution in [2.24, 2.45) is 0 Å². The van der Waals surface area contributed by atoms with Crippen LogP contribution in [0.1, 0.15) is 18.1 Å². The van der Waals surface area contributed by atoms with Crippen LogP contribution in [0.2, 0.25) is 0 Å². The summed E-state index contributed by atoms with van der Waals surface area (Å²) in [6, 6.07) is 24.1. The number of halogens is 1. The molecule has 0 atom stereocenters. The van der Waals surface area contributed by atoms with Gasteiger partial charge in [0, 0.05) is 16.7 Å². The lowest BCUT2D eigenvalue weighted by molar-refractivity contribution is -0.118. The van der Waals surface area contributed by atoms with Gasteiger partial charge in [-0.2, -0.15) is 5.26 Å². The van der Waals surface area contributed by atoms with E-state index in [9.17, 15) is 14.9 Å². The molecule has 0 aliphatic heterocycles. The second-order valence-electron chi connectivity index (χ2n) is 7.62. The fraction of sp³-hybridized carbons (Fsp3) is 0.179. The molecule has 2 amide bonds. The summed E-state index contributed by atoms with van der Waals surface area (Å²) in [6.45, 7) is 2.38. The van der Waals surface area contributed by atoms with E-state index >= 15 is 0 Å². The van der Waals surface area contributed by atoms with Crippen LogP contribution in [-0.2, 0) is 16.0 Å². The average Bonchev–Trinajstić information content (AvgIpc) is 2.89. The van der Waals surface area contributed by atoms with Crippen LogP contribution in [0.15, 0.2) is 82.8 Å². The number of benzene rings is 3. The number of ether oxygens (including phenoxy) is 2. The zero-order valence-electron chi connectivity index (χ0n) is 19.8. The summed E-state index contributed by atoms with van der Waals surface area (Å²) in [6.07, 6.45) is 2.14. The number of para-hydroxylation sites is 1. The molecule has 8 heteroatoms. The molecule has 0 unspecified atom stereocenters. The molecule has 3 aromatic rings. The van der Waals surface area contributed by atoms with E-state index in [4.69, 9.17) is 9.47 Å². The van der Waals surface area contributed by atoms with E-state index in [0.717, 1.165) is 5.56 Å². The van der Waals surface area contributed by atoms with Gasteiger partial charge in [0.1, 0.15) is 11.6 Å². The van der Waals surface area contributed by atoms with Crippen LogP contribution in [0.25, 0.3) is 6.08 Å². The maximum absolute atomic E-state index is 12.6. The lowest BCUT2D eigenvalue weighted by Crippen LogP contribution is -2.26. The molecule has 0 spiro atoms. The summed E-state index contributed by atoms with van der Waals surface area (Å²) in [5.41, 5.74) is 2.29. The van der Waals surface area contributed by atoms with Crippen molar-refractivity contribution in [3.05, 3.63) is 94.0 Å². The van der Waals surface area contributed by atoms with Crippen molar-refractivity contribution in [1.29, 1.82) is 5.26 Å². The van der Waals surface area contributed by atoms with Gasteiger partial charge in [-0.3, -0.25) is 9.59 Å². The Hall–Kier alpha value is -4.09. The van der Waals surface area contributed by atoms with Crippen LogP contribution in [0.4, 0.5) is 5.69 Å². The van der Waals surface area contributed by atoms with Crippen LogP contribution in [0.3, 0.4) is 0 Å². The highest BCUT2D eigenvalue weighted by Gasteiger charge is 2.15. The number of amides is 2. The lowest BCUT2D eigenvalue weighted by atomic mass is 10.1. The van der Waals surface area contributed by atoms with Crippen molar-refractivity contribution in [3.63, 3.8) is 0 Å². The second kappa shape index (κ2) is 13.7. The van der Waals surface area contributed by atoms with Gasteiger partial charge in [0.2, 0.25) is 0 Å². The zero-order valence-corrected chi connectivity index (χ0v) is 21.4.